The number of piperidine rings is 1. The predicted octanol–water partition coefficient (Wildman–Crippen LogP) is 1.32. The molecule has 2 saturated heterocycles. The lowest BCUT2D eigenvalue weighted by molar-refractivity contribution is -0.132. The molecule has 4 nitrogen and oxygen atoms in total. The van der Waals surface area contributed by atoms with Gasteiger partial charge in [0.2, 0.25) is 5.91 Å². The van der Waals surface area contributed by atoms with E-state index in [2.05, 4.69) is 24.1 Å². The molecule has 0 aromatic carbocycles. The molecule has 0 aromatic heterocycles. The second-order valence-corrected chi connectivity index (χ2v) is 6.04. The van der Waals surface area contributed by atoms with Crippen LogP contribution in [0.2, 0.25) is 0 Å². The van der Waals surface area contributed by atoms with Crippen molar-refractivity contribution in [1.82, 2.24) is 15.1 Å². The minimum Gasteiger partial charge on any atom is -0.342 e. The van der Waals surface area contributed by atoms with Crippen LogP contribution < -0.4 is 5.32 Å². The van der Waals surface area contributed by atoms with Gasteiger partial charge in [-0.05, 0) is 38.1 Å². The zero-order valence-electron chi connectivity index (χ0n) is 12.5. The molecule has 2 heterocycles. The Morgan fingerprint density at radius 1 is 1.26 bits per heavy atom. The molecule has 0 unspecified atom stereocenters. The minimum atomic E-state index is 0.322. The van der Waals surface area contributed by atoms with Crippen molar-refractivity contribution in [3.8, 4) is 0 Å². The topological polar surface area (TPSA) is 35.6 Å². The Balaban J connectivity index is 1.81. The van der Waals surface area contributed by atoms with Crippen LogP contribution in [0.4, 0.5) is 0 Å². The summed E-state index contributed by atoms with van der Waals surface area (Å²) in [4.78, 5) is 16.7. The first kappa shape index (κ1) is 14.8. The number of nitrogens with one attached hydrogen (secondary N) is 1. The lowest BCUT2D eigenvalue weighted by Crippen LogP contribution is -2.42. The molecule has 19 heavy (non-hydrogen) atoms. The molecule has 0 spiro atoms. The molecule has 2 rings (SSSR count). The summed E-state index contributed by atoms with van der Waals surface area (Å²) in [5, 5.41) is 3.60. The van der Waals surface area contributed by atoms with E-state index < -0.39 is 0 Å². The number of carbonyl (C=O) groups is 1. The predicted molar refractivity (Wildman–Crippen MR) is 78.1 cm³/mol. The molecule has 0 aromatic rings. The molecule has 0 bridgehead atoms. The molecule has 0 saturated carbocycles. The van der Waals surface area contributed by atoms with E-state index in [1.807, 2.05) is 4.90 Å². The maximum atomic E-state index is 12.3. The quantitative estimate of drug-likeness (QED) is 0.788. The number of carbonyl (C=O) groups excluding carboxylic acids is 1. The zero-order chi connectivity index (χ0) is 13.7. The van der Waals surface area contributed by atoms with Gasteiger partial charge in [0, 0.05) is 32.2 Å². The van der Waals surface area contributed by atoms with Gasteiger partial charge in [0.1, 0.15) is 0 Å². The number of fused-ring (bicyclic) bond motifs is 1. The molecule has 2 aliphatic rings. The summed E-state index contributed by atoms with van der Waals surface area (Å²) >= 11 is 0. The van der Waals surface area contributed by atoms with Crippen molar-refractivity contribution in [2.75, 3.05) is 39.3 Å². The normalized spacial score (nSPS) is 27.3. The largest absolute Gasteiger partial charge is 0.342 e. The molecule has 2 atom stereocenters. The second kappa shape index (κ2) is 7.25. The van der Waals surface area contributed by atoms with Crippen molar-refractivity contribution in [3.63, 3.8) is 0 Å². The highest BCUT2D eigenvalue weighted by atomic mass is 16.2. The maximum absolute atomic E-state index is 12.3. The van der Waals surface area contributed by atoms with Gasteiger partial charge in [-0.1, -0.05) is 13.8 Å². The van der Waals surface area contributed by atoms with E-state index in [1.54, 1.807) is 0 Å². The van der Waals surface area contributed by atoms with Crippen molar-refractivity contribution >= 4 is 5.91 Å². The van der Waals surface area contributed by atoms with Crippen LogP contribution in [-0.2, 0) is 4.79 Å². The van der Waals surface area contributed by atoms with Crippen LogP contribution in [0.3, 0.4) is 0 Å². The van der Waals surface area contributed by atoms with Crippen LogP contribution in [0.15, 0.2) is 0 Å². The minimum absolute atomic E-state index is 0.322. The van der Waals surface area contributed by atoms with Gasteiger partial charge >= 0.3 is 0 Å². The Labute approximate surface area is 117 Å². The molecular formula is C15H29N3O. The molecule has 1 amide bonds. The average Bonchev–Trinajstić information content (AvgIpc) is 2.80. The Kier molecular flexibility index (Phi) is 5.64. The van der Waals surface area contributed by atoms with E-state index >= 15 is 0 Å². The average molecular weight is 267 g/mol. The van der Waals surface area contributed by atoms with Crippen LogP contribution in [0.5, 0.6) is 0 Å². The summed E-state index contributed by atoms with van der Waals surface area (Å²) in [6.45, 7) is 10.0. The van der Waals surface area contributed by atoms with Gasteiger partial charge in [0.25, 0.3) is 0 Å². The highest BCUT2D eigenvalue weighted by Crippen LogP contribution is 2.24. The number of nitrogens with zero attached hydrogens (tertiary/aromatic N) is 2. The monoisotopic (exact) mass is 267 g/mol. The van der Waals surface area contributed by atoms with Crippen LogP contribution in [0.25, 0.3) is 0 Å². The van der Waals surface area contributed by atoms with E-state index in [0.29, 0.717) is 18.5 Å². The maximum Gasteiger partial charge on any atom is 0.236 e. The first-order valence-electron chi connectivity index (χ1n) is 7.98. The molecule has 4 heteroatoms. The molecular weight excluding hydrogens is 238 g/mol. The lowest BCUT2D eigenvalue weighted by atomic mass is 9.94. The van der Waals surface area contributed by atoms with Gasteiger partial charge in [-0.2, -0.15) is 0 Å². The number of amides is 1. The van der Waals surface area contributed by atoms with Gasteiger partial charge in [-0.3, -0.25) is 9.69 Å². The molecule has 110 valence electrons. The highest BCUT2D eigenvalue weighted by molar-refractivity contribution is 5.78. The second-order valence-electron chi connectivity index (χ2n) is 6.04. The SMILES string of the molecule is CCCN(CCC)C(=O)CN1C[C@@H]2CCCN[C@@H]2C1. The number of rotatable bonds is 6. The smallest absolute Gasteiger partial charge is 0.236 e. The summed E-state index contributed by atoms with van der Waals surface area (Å²) in [5.41, 5.74) is 0. The fraction of sp³-hybridized carbons (Fsp3) is 0.933. The first-order chi connectivity index (χ1) is 9.24. The van der Waals surface area contributed by atoms with Crippen LogP contribution in [0.1, 0.15) is 39.5 Å². The van der Waals surface area contributed by atoms with Crippen molar-refractivity contribution in [3.05, 3.63) is 0 Å². The third-order valence-corrected chi connectivity index (χ3v) is 4.37. The van der Waals surface area contributed by atoms with Crippen molar-refractivity contribution < 1.29 is 4.79 Å². The van der Waals surface area contributed by atoms with E-state index in [1.165, 1.54) is 12.8 Å². The van der Waals surface area contributed by atoms with E-state index in [0.717, 1.165) is 51.5 Å². The molecule has 2 fully saturated rings. The summed E-state index contributed by atoms with van der Waals surface area (Å²) in [5.74, 6) is 1.09. The first-order valence-corrected chi connectivity index (χ1v) is 7.98. The number of hydrogen-bond donors (Lipinski definition) is 1. The third kappa shape index (κ3) is 3.93. The number of hydrogen-bond acceptors (Lipinski definition) is 3. The molecule has 0 aliphatic carbocycles. The van der Waals surface area contributed by atoms with E-state index in [-0.39, 0.29) is 0 Å². The molecule has 0 radical (unpaired) electrons. The Morgan fingerprint density at radius 3 is 2.63 bits per heavy atom. The van der Waals surface area contributed by atoms with Crippen molar-refractivity contribution in [2.24, 2.45) is 5.92 Å². The van der Waals surface area contributed by atoms with Gasteiger partial charge < -0.3 is 10.2 Å². The van der Waals surface area contributed by atoms with Crippen molar-refractivity contribution in [2.45, 2.75) is 45.6 Å². The Morgan fingerprint density at radius 2 is 2.00 bits per heavy atom. The summed E-state index contributed by atoms with van der Waals surface area (Å²) < 4.78 is 0. The van der Waals surface area contributed by atoms with Crippen molar-refractivity contribution in [1.29, 1.82) is 0 Å². The summed E-state index contributed by atoms with van der Waals surface area (Å²) in [7, 11) is 0. The van der Waals surface area contributed by atoms with Gasteiger partial charge in [0.15, 0.2) is 0 Å². The third-order valence-electron chi connectivity index (χ3n) is 4.37. The van der Waals surface area contributed by atoms with Crippen LogP contribution in [-0.4, -0.2) is 61.0 Å². The Bertz CT molecular complexity index is 275. The highest BCUT2D eigenvalue weighted by Gasteiger charge is 2.35. The van der Waals surface area contributed by atoms with Gasteiger partial charge in [0.05, 0.1) is 6.54 Å². The summed E-state index contributed by atoms with van der Waals surface area (Å²) in [6, 6.07) is 0.632. The van der Waals surface area contributed by atoms with E-state index in [4.69, 9.17) is 0 Å². The van der Waals surface area contributed by atoms with Crippen LogP contribution in [0, 0.1) is 5.92 Å². The molecule has 1 N–H and O–H groups in total. The summed E-state index contributed by atoms with van der Waals surface area (Å²) in [6.07, 6.45) is 4.73. The molecule has 2 aliphatic heterocycles. The fourth-order valence-corrected chi connectivity index (χ4v) is 3.46. The van der Waals surface area contributed by atoms with Gasteiger partial charge in [-0.15, -0.1) is 0 Å². The van der Waals surface area contributed by atoms with Gasteiger partial charge in [-0.25, -0.2) is 0 Å². The fourth-order valence-electron chi connectivity index (χ4n) is 3.46. The number of likely N-dealkylation sites (tertiary alicyclic amines) is 1. The van der Waals surface area contributed by atoms with E-state index in [9.17, 15) is 4.79 Å². The zero-order valence-corrected chi connectivity index (χ0v) is 12.5. The Hall–Kier alpha value is -0.610. The van der Waals surface area contributed by atoms with Crippen LogP contribution >= 0.6 is 0 Å². The lowest BCUT2D eigenvalue weighted by Gasteiger charge is -2.25. The standard InChI is InChI=1S/C15H29N3O/c1-3-8-18(9-4-2)15(19)12-17-10-13-6-5-7-16-14(13)11-17/h13-14,16H,3-12H2,1-2H3/t13-,14+/m0/s1.